The first-order valence-corrected chi connectivity index (χ1v) is 12.8. The summed E-state index contributed by atoms with van der Waals surface area (Å²) in [5, 5.41) is 14.8. The normalized spacial score (nSPS) is 18.7. The van der Waals surface area contributed by atoms with Crippen LogP contribution in [0.15, 0.2) is 30.5 Å². The van der Waals surface area contributed by atoms with Crippen LogP contribution in [0.4, 0.5) is 11.6 Å². The van der Waals surface area contributed by atoms with Crippen LogP contribution in [0.5, 0.6) is 0 Å². The van der Waals surface area contributed by atoms with E-state index in [1.54, 1.807) is 0 Å². The number of fused-ring (bicyclic) bond motifs is 1. The number of morpholine rings is 1. The summed E-state index contributed by atoms with van der Waals surface area (Å²) < 4.78 is 12.7. The molecule has 190 valence electrons. The Morgan fingerprint density at radius 1 is 1.11 bits per heavy atom. The van der Waals surface area contributed by atoms with Gasteiger partial charge in [0, 0.05) is 49.4 Å². The molecule has 0 atom stereocenters. The highest BCUT2D eigenvalue weighted by Gasteiger charge is 2.25. The molecule has 1 aromatic carbocycles. The number of aryl methyl sites for hydroxylation is 1. The van der Waals surface area contributed by atoms with Gasteiger partial charge in [-0.15, -0.1) is 0 Å². The van der Waals surface area contributed by atoms with E-state index >= 15 is 0 Å². The van der Waals surface area contributed by atoms with Gasteiger partial charge in [0.1, 0.15) is 11.6 Å². The zero-order valence-corrected chi connectivity index (χ0v) is 20.6. The van der Waals surface area contributed by atoms with Gasteiger partial charge in [0.25, 0.3) is 5.91 Å². The molecule has 2 aromatic heterocycles. The largest absolute Gasteiger partial charge is 0.379 e. The van der Waals surface area contributed by atoms with Crippen molar-refractivity contribution in [2.24, 2.45) is 0 Å². The maximum absolute atomic E-state index is 12.6. The first-order valence-electron chi connectivity index (χ1n) is 12.8. The van der Waals surface area contributed by atoms with Crippen LogP contribution < -0.4 is 16.0 Å². The molecular formula is C26H33N7O3. The second-order valence-corrected chi connectivity index (χ2v) is 9.86. The topological polar surface area (TPSA) is 105 Å². The van der Waals surface area contributed by atoms with Gasteiger partial charge < -0.3 is 25.4 Å². The standard InChI is InChI=1S/C26H33N7O3/c1-17-12-18(2-5-21(17)26(34)30-19-3-4-19)22-14-28-33-24(27-6-7-32-8-10-35-11-9-32)13-23(31-25(22)33)29-20-15-36-16-20/h2,5,12-14,19-20,27H,3-4,6-11,15-16H2,1H3,(H,29,31)(H,30,34). The summed E-state index contributed by atoms with van der Waals surface area (Å²) in [6, 6.07) is 8.55. The number of carbonyl (C=O) groups is 1. The van der Waals surface area contributed by atoms with Crippen molar-refractivity contribution in [3.63, 3.8) is 0 Å². The summed E-state index contributed by atoms with van der Waals surface area (Å²) in [6.07, 6.45) is 4.00. The number of nitrogens with zero attached hydrogens (tertiary/aromatic N) is 4. The van der Waals surface area contributed by atoms with Crippen molar-refractivity contribution in [1.29, 1.82) is 0 Å². The second-order valence-electron chi connectivity index (χ2n) is 9.86. The van der Waals surface area contributed by atoms with E-state index < -0.39 is 0 Å². The maximum atomic E-state index is 12.6. The van der Waals surface area contributed by atoms with Crippen LogP contribution in [0, 0.1) is 6.92 Å². The fourth-order valence-electron chi connectivity index (χ4n) is 4.64. The van der Waals surface area contributed by atoms with Crippen molar-refractivity contribution in [2.45, 2.75) is 31.8 Å². The van der Waals surface area contributed by atoms with E-state index in [2.05, 4.69) is 25.9 Å². The van der Waals surface area contributed by atoms with E-state index in [0.717, 1.165) is 86.2 Å². The lowest BCUT2D eigenvalue weighted by Crippen LogP contribution is -2.40. The van der Waals surface area contributed by atoms with E-state index in [1.807, 2.05) is 41.9 Å². The smallest absolute Gasteiger partial charge is 0.251 e. The van der Waals surface area contributed by atoms with Gasteiger partial charge in [0.15, 0.2) is 5.65 Å². The van der Waals surface area contributed by atoms with Crippen molar-refractivity contribution >= 4 is 23.2 Å². The monoisotopic (exact) mass is 491 g/mol. The zero-order valence-electron chi connectivity index (χ0n) is 20.6. The minimum Gasteiger partial charge on any atom is -0.379 e. The molecular weight excluding hydrogens is 458 g/mol. The highest BCUT2D eigenvalue weighted by atomic mass is 16.5. The van der Waals surface area contributed by atoms with Crippen LogP contribution in [0.25, 0.3) is 16.8 Å². The van der Waals surface area contributed by atoms with Gasteiger partial charge in [0.05, 0.1) is 38.7 Å². The third-order valence-electron chi connectivity index (χ3n) is 6.99. The van der Waals surface area contributed by atoms with Crippen LogP contribution >= 0.6 is 0 Å². The molecule has 36 heavy (non-hydrogen) atoms. The van der Waals surface area contributed by atoms with Crippen LogP contribution in [-0.2, 0) is 9.47 Å². The molecule has 6 rings (SSSR count). The molecule has 10 nitrogen and oxygen atoms in total. The minimum absolute atomic E-state index is 0.000460. The number of hydrogen-bond donors (Lipinski definition) is 3. The van der Waals surface area contributed by atoms with Gasteiger partial charge in [-0.25, -0.2) is 4.98 Å². The molecule has 0 bridgehead atoms. The Balaban J connectivity index is 1.27. The minimum atomic E-state index is 0.000460. The van der Waals surface area contributed by atoms with E-state index in [9.17, 15) is 4.79 Å². The number of anilines is 2. The third kappa shape index (κ3) is 5.02. The van der Waals surface area contributed by atoms with Gasteiger partial charge in [-0.2, -0.15) is 9.61 Å². The predicted octanol–water partition coefficient (Wildman–Crippen LogP) is 2.15. The number of carbonyl (C=O) groups excluding carboxylic acids is 1. The quantitative estimate of drug-likeness (QED) is 0.418. The Hall–Kier alpha value is -3.21. The van der Waals surface area contributed by atoms with Crippen molar-refractivity contribution in [1.82, 2.24) is 24.8 Å². The van der Waals surface area contributed by atoms with E-state index in [1.165, 1.54) is 0 Å². The molecule has 1 aliphatic carbocycles. The summed E-state index contributed by atoms with van der Waals surface area (Å²) in [5.41, 5.74) is 4.34. The molecule has 3 fully saturated rings. The Morgan fingerprint density at radius 3 is 2.67 bits per heavy atom. The fourth-order valence-corrected chi connectivity index (χ4v) is 4.64. The highest BCUT2D eigenvalue weighted by molar-refractivity contribution is 5.97. The summed E-state index contributed by atoms with van der Waals surface area (Å²) in [7, 11) is 0. The predicted molar refractivity (Wildman–Crippen MR) is 138 cm³/mol. The van der Waals surface area contributed by atoms with Crippen molar-refractivity contribution in [2.75, 3.05) is 63.2 Å². The lowest BCUT2D eigenvalue weighted by Gasteiger charge is -2.28. The summed E-state index contributed by atoms with van der Waals surface area (Å²) >= 11 is 0. The highest BCUT2D eigenvalue weighted by Crippen LogP contribution is 2.29. The van der Waals surface area contributed by atoms with Crippen molar-refractivity contribution in [3.05, 3.63) is 41.6 Å². The molecule has 2 saturated heterocycles. The Labute approximate surface area is 210 Å². The summed E-state index contributed by atoms with van der Waals surface area (Å²) in [6.45, 7) is 8.58. The van der Waals surface area contributed by atoms with Gasteiger partial charge >= 0.3 is 0 Å². The molecule has 0 spiro atoms. The van der Waals surface area contributed by atoms with Crippen LogP contribution in [0.2, 0.25) is 0 Å². The number of hydrogen-bond acceptors (Lipinski definition) is 8. The van der Waals surface area contributed by atoms with Crippen molar-refractivity contribution in [3.8, 4) is 11.1 Å². The number of amides is 1. The molecule has 1 amide bonds. The van der Waals surface area contributed by atoms with E-state index in [-0.39, 0.29) is 11.9 Å². The molecule has 10 heteroatoms. The Bertz CT molecular complexity index is 1250. The van der Waals surface area contributed by atoms with Gasteiger partial charge in [-0.3, -0.25) is 9.69 Å². The average Bonchev–Trinajstić information content (AvgIpc) is 3.57. The second kappa shape index (κ2) is 10.0. The molecule has 1 saturated carbocycles. The van der Waals surface area contributed by atoms with E-state index in [0.29, 0.717) is 24.8 Å². The average molecular weight is 492 g/mol. The SMILES string of the molecule is Cc1cc(-c2cnn3c(NCCN4CCOCC4)cc(NC4COC4)nc23)ccc1C(=O)NC1CC1. The lowest BCUT2D eigenvalue weighted by molar-refractivity contribution is 0.0209. The molecule has 0 unspecified atom stereocenters. The molecule has 0 radical (unpaired) electrons. The molecule has 3 aliphatic rings. The number of ether oxygens (including phenoxy) is 2. The van der Waals surface area contributed by atoms with Gasteiger partial charge in [-0.1, -0.05) is 12.1 Å². The molecule has 2 aliphatic heterocycles. The first-order chi connectivity index (χ1) is 17.6. The van der Waals surface area contributed by atoms with Gasteiger partial charge in [-0.05, 0) is 37.0 Å². The summed E-state index contributed by atoms with van der Waals surface area (Å²) in [5.74, 6) is 1.68. The van der Waals surface area contributed by atoms with Gasteiger partial charge in [0.2, 0.25) is 0 Å². The van der Waals surface area contributed by atoms with Crippen LogP contribution in [0.3, 0.4) is 0 Å². The molecule has 4 heterocycles. The van der Waals surface area contributed by atoms with Crippen LogP contribution in [-0.4, -0.2) is 90.1 Å². The number of nitrogens with one attached hydrogen (secondary N) is 3. The molecule has 3 aromatic rings. The Kier molecular flexibility index (Phi) is 6.47. The fraction of sp³-hybridized carbons (Fsp3) is 0.500. The number of benzene rings is 1. The van der Waals surface area contributed by atoms with Crippen molar-refractivity contribution < 1.29 is 14.3 Å². The number of aromatic nitrogens is 3. The van der Waals surface area contributed by atoms with Crippen LogP contribution in [0.1, 0.15) is 28.8 Å². The summed E-state index contributed by atoms with van der Waals surface area (Å²) in [4.78, 5) is 19.9. The third-order valence-corrected chi connectivity index (χ3v) is 6.99. The number of rotatable bonds is 9. The van der Waals surface area contributed by atoms with E-state index in [4.69, 9.17) is 14.5 Å². The lowest BCUT2D eigenvalue weighted by atomic mass is 10.0. The Morgan fingerprint density at radius 2 is 1.94 bits per heavy atom. The zero-order chi connectivity index (χ0) is 24.5. The first kappa shape index (κ1) is 23.2. The molecule has 3 N–H and O–H groups in total. The maximum Gasteiger partial charge on any atom is 0.251 e.